The summed E-state index contributed by atoms with van der Waals surface area (Å²) in [5.41, 5.74) is 1.27. The molecule has 1 atom stereocenters. The Bertz CT molecular complexity index is 769. The number of aromatic nitrogens is 2. The lowest BCUT2D eigenvalue weighted by atomic mass is 10.1. The lowest BCUT2D eigenvalue weighted by Gasteiger charge is -2.15. The van der Waals surface area contributed by atoms with E-state index in [0.717, 1.165) is 0 Å². The summed E-state index contributed by atoms with van der Waals surface area (Å²) < 4.78 is 42.7. The van der Waals surface area contributed by atoms with Crippen LogP contribution in [-0.2, 0) is 17.1 Å². The van der Waals surface area contributed by atoms with E-state index in [1.165, 1.54) is 10.7 Å². The van der Waals surface area contributed by atoms with Crippen molar-refractivity contribution in [3.05, 3.63) is 47.0 Å². The molecule has 0 spiro atoms. The molecule has 2 aromatic rings. The van der Waals surface area contributed by atoms with Crippen LogP contribution in [0.15, 0.2) is 29.2 Å². The van der Waals surface area contributed by atoms with Gasteiger partial charge in [0.2, 0.25) is 10.0 Å². The second kappa shape index (κ2) is 5.57. The first-order valence-electron chi connectivity index (χ1n) is 6.51. The molecule has 2 rings (SSSR count). The molecule has 1 N–H and O–H groups in total. The highest BCUT2D eigenvalue weighted by molar-refractivity contribution is 7.89. The Morgan fingerprint density at radius 2 is 1.90 bits per heavy atom. The molecule has 1 aromatic heterocycles. The van der Waals surface area contributed by atoms with Crippen molar-refractivity contribution in [2.75, 3.05) is 0 Å². The van der Waals surface area contributed by atoms with Crippen LogP contribution in [0.2, 0.25) is 0 Å². The largest absolute Gasteiger partial charge is 0.271 e. The minimum absolute atomic E-state index is 0.146. The van der Waals surface area contributed by atoms with Gasteiger partial charge < -0.3 is 0 Å². The molecule has 0 saturated heterocycles. The lowest BCUT2D eigenvalue weighted by molar-refractivity contribution is 0.549. The maximum atomic E-state index is 13.7. The van der Waals surface area contributed by atoms with E-state index in [9.17, 15) is 12.8 Å². The molecule has 0 unspecified atom stereocenters. The normalized spacial score (nSPS) is 13.4. The number of nitrogens with zero attached hydrogens (tertiary/aromatic N) is 2. The van der Waals surface area contributed by atoms with E-state index in [0.29, 0.717) is 17.0 Å². The van der Waals surface area contributed by atoms with Gasteiger partial charge in [-0.2, -0.15) is 5.10 Å². The minimum atomic E-state index is -3.76. The molecule has 5 nitrogen and oxygen atoms in total. The Morgan fingerprint density at radius 3 is 2.43 bits per heavy atom. The van der Waals surface area contributed by atoms with Crippen LogP contribution in [0, 0.1) is 19.7 Å². The van der Waals surface area contributed by atoms with Gasteiger partial charge in [-0.25, -0.2) is 17.5 Å². The maximum Gasteiger partial charge on any atom is 0.244 e. The van der Waals surface area contributed by atoms with Gasteiger partial charge in [0.05, 0.1) is 11.4 Å². The molecule has 0 radical (unpaired) electrons. The molecule has 114 valence electrons. The summed E-state index contributed by atoms with van der Waals surface area (Å²) in [7, 11) is -2.08. The standard InChI is InChI=1S/C14H18FN3O2S/c1-9(12-7-5-6-8-13(12)15)17-21(19,20)14-10(2)16-18(4)11(14)3/h5-9,17H,1-4H3/t9-/m1/s1. The van der Waals surface area contributed by atoms with Crippen LogP contribution >= 0.6 is 0 Å². The summed E-state index contributed by atoms with van der Waals surface area (Å²) >= 11 is 0. The van der Waals surface area contributed by atoms with E-state index in [1.807, 2.05) is 0 Å². The fourth-order valence-electron chi connectivity index (χ4n) is 2.32. The predicted octanol–water partition coefficient (Wildman–Crippen LogP) is 2.22. The topological polar surface area (TPSA) is 64.0 Å². The smallest absolute Gasteiger partial charge is 0.244 e. The molecule has 0 amide bonds. The average Bonchev–Trinajstić information content (AvgIpc) is 2.63. The fraction of sp³-hybridized carbons (Fsp3) is 0.357. The summed E-state index contributed by atoms with van der Waals surface area (Å²) in [6.07, 6.45) is 0. The Hall–Kier alpha value is -1.73. The third kappa shape index (κ3) is 2.98. The van der Waals surface area contributed by atoms with Crippen molar-refractivity contribution >= 4 is 10.0 Å². The van der Waals surface area contributed by atoms with Crippen molar-refractivity contribution in [2.45, 2.75) is 31.7 Å². The summed E-state index contributed by atoms with van der Waals surface area (Å²) in [5, 5.41) is 4.10. The molecule has 0 saturated carbocycles. The SMILES string of the molecule is Cc1nn(C)c(C)c1S(=O)(=O)N[C@H](C)c1ccccc1F. The van der Waals surface area contributed by atoms with E-state index in [-0.39, 0.29) is 4.90 Å². The van der Waals surface area contributed by atoms with Crippen molar-refractivity contribution in [1.29, 1.82) is 0 Å². The first-order chi connectivity index (χ1) is 9.74. The third-order valence-electron chi connectivity index (χ3n) is 3.42. The van der Waals surface area contributed by atoms with Crippen LogP contribution in [0.3, 0.4) is 0 Å². The minimum Gasteiger partial charge on any atom is -0.271 e. The van der Waals surface area contributed by atoms with Gasteiger partial charge in [-0.1, -0.05) is 18.2 Å². The van der Waals surface area contributed by atoms with Crippen LogP contribution in [0.4, 0.5) is 4.39 Å². The second-order valence-electron chi connectivity index (χ2n) is 4.99. The number of rotatable bonds is 4. The van der Waals surface area contributed by atoms with Gasteiger partial charge in [0, 0.05) is 18.7 Å². The maximum absolute atomic E-state index is 13.7. The molecule has 0 bridgehead atoms. The number of halogens is 1. The number of hydrogen-bond acceptors (Lipinski definition) is 3. The fourth-order valence-corrected chi connectivity index (χ4v) is 3.99. The third-order valence-corrected chi connectivity index (χ3v) is 5.21. The van der Waals surface area contributed by atoms with E-state index >= 15 is 0 Å². The summed E-state index contributed by atoms with van der Waals surface area (Å²) in [6.45, 7) is 4.93. The highest BCUT2D eigenvalue weighted by Crippen LogP contribution is 2.23. The zero-order chi connectivity index (χ0) is 15.8. The molecular formula is C14H18FN3O2S. The zero-order valence-corrected chi connectivity index (χ0v) is 13.2. The molecular weight excluding hydrogens is 293 g/mol. The Balaban J connectivity index is 2.36. The number of hydrogen-bond donors (Lipinski definition) is 1. The van der Waals surface area contributed by atoms with Gasteiger partial charge in [0.25, 0.3) is 0 Å². The van der Waals surface area contributed by atoms with Gasteiger partial charge >= 0.3 is 0 Å². The van der Waals surface area contributed by atoms with Gasteiger partial charge in [-0.15, -0.1) is 0 Å². The second-order valence-corrected chi connectivity index (χ2v) is 6.64. The van der Waals surface area contributed by atoms with Gasteiger partial charge in [0.15, 0.2) is 0 Å². The molecule has 0 aliphatic carbocycles. The average molecular weight is 311 g/mol. The monoisotopic (exact) mass is 311 g/mol. The van der Waals surface area contributed by atoms with Crippen LogP contribution < -0.4 is 4.72 Å². The Labute approximate surface area is 123 Å². The molecule has 0 aliphatic rings. The Morgan fingerprint density at radius 1 is 1.29 bits per heavy atom. The number of nitrogens with one attached hydrogen (secondary N) is 1. The Kier molecular flexibility index (Phi) is 4.15. The van der Waals surface area contributed by atoms with Crippen LogP contribution in [-0.4, -0.2) is 18.2 Å². The summed E-state index contributed by atoms with van der Waals surface area (Å²) in [4.78, 5) is 0.146. The zero-order valence-electron chi connectivity index (χ0n) is 12.4. The van der Waals surface area contributed by atoms with Crippen molar-refractivity contribution < 1.29 is 12.8 Å². The molecule has 7 heteroatoms. The molecule has 21 heavy (non-hydrogen) atoms. The highest BCUT2D eigenvalue weighted by Gasteiger charge is 2.26. The summed E-state index contributed by atoms with van der Waals surface area (Å²) in [5.74, 6) is -0.438. The van der Waals surface area contributed by atoms with Crippen LogP contribution in [0.1, 0.15) is 29.9 Å². The van der Waals surface area contributed by atoms with Crippen LogP contribution in [0.5, 0.6) is 0 Å². The van der Waals surface area contributed by atoms with Gasteiger partial charge in [-0.3, -0.25) is 4.68 Å². The van der Waals surface area contributed by atoms with Gasteiger partial charge in [0.1, 0.15) is 10.7 Å². The van der Waals surface area contributed by atoms with Crippen LogP contribution in [0.25, 0.3) is 0 Å². The van der Waals surface area contributed by atoms with Crippen molar-refractivity contribution in [3.63, 3.8) is 0 Å². The molecule has 0 aliphatic heterocycles. The highest BCUT2D eigenvalue weighted by atomic mass is 32.2. The van der Waals surface area contributed by atoms with Crippen molar-refractivity contribution in [2.24, 2.45) is 7.05 Å². The van der Waals surface area contributed by atoms with Gasteiger partial charge in [-0.05, 0) is 26.8 Å². The number of aryl methyl sites for hydroxylation is 2. The van der Waals surface area contributed by atoms with E-state index in [2.05, 4.69) is 9.82 Å². The lowest BCUT2D eigenvalue weighted by Crippen LogP contribution is -2.28. The van der Waals surface area contributed by atoms with Crippen molar-refractivity contribution in [3.8, 4) is 0 Å². The number of benzene rings is 1. The van der Waals surface area contributed by atoms with E-state index < -0.39 is 21.9 Å². The predicted molar refractivity (Wildman–Crippen MR) is 77.8 cm³/mol. The number of sulfonamides is 1. The molecule has 1 aromatic carbocycles. The molecule has 1 heterocycles. The molecule has 0 fully saturated rings. The quantitative estimate of drug-likeness (QED) is 0.941. The van der Waals surface area contributed by atoms with E-state index in [4.69, 9.17) is 0 Å². The summed E-state index contributed by atoms with van der Waals surface area (Å²) in [6, 6.07) is 5.43. The van der Waals surface area contributed by atoms with Crippen molar-refractivity contribution in [1.82, 2.24) is 14.5 Å². The first-order valence-corrected chi connectivity index (χ1v) is 7.99. The first kappa shape index (κ1) is 15.7. The van der Waals surface area contributed by atoms with E-state index in [1.54, 1.807) is 46.0 Å².